The molecule has 0 N–H and O–H groups in total. The van der Waals surface area contributed by atoms with Crippen LogP contribution in [0.2, 0.25) is 0 Å². The van der Waals surface area contributed by atoms with Gasteiger partial charge in [0.15, 0.2) is 0 Å². The summed E-state index contributed by atoms with van der Waals surface area (Å²) in [6.07, 6.45) is 7.27. The van der Waals surface area contributed by atoms with Crippen LogP contribution in [0.3, 0.4) is 0 Å². The maximum atomic E-state index is 13.8. The van der Waals surface area contributed by atoms with Crippen molar-refractivity contribution in [3.8, 4) is 17.0 Å². The van der Waals surface area contributed by atoms with Crippen LogP contribution >= 0.6 is 0 Å². The monoisotopic (exact) mass is 543 g/mol. The number of piperidine rings is 1. The minimum Gasteiger partial charge on any atom is -0.493 e. The Hall–Kier alpha value is -4.08. The smallest absolute Gasteiger partial charge is 0.273 e. The summed E-state index contributed by atoms with van der Waals surface area (Å²) in [5.41, 5.74) is 4.47. The number of hydrogen-bond acceptors (Lipinski definition) is 6. The van der Waals surface area contributed by atoms with Crippen LogP contribution < -0.4 is 4.74 Å². The van der Waals surface area contributed by atoms with Gasteiger partial charge in [-0.15, -0.1) is 0 Å². The normalized spacial score (nSPS) is 22.5. The molecule has 3 fully saturated rings. The molecule has 2 saturated carbocycles. The third kappa shape index (κ3) is 4.35. The Labute approximate surface area is 230 Å². The van der Waals surface area contributed by atoms with Crippen LogP contribution in [0.1, 0.15) is 84.2 Å². The standard InChI is InChI=1S/C30H30FN5O4/c1-17-25(31)9-10-26(32-17)24-15-34(33-29(24)19-5-6-19)21-11-18(12-21)16-40-22-7-8-23-20(13-22)14-35(30(23)39)36-27(37)3-2-4-28(36)38/h7-10,13,15,18-19,21H,2-6,11-12,14,16H2,1H3. The molecule has 7 rings (SSSR count). The van der Waals surface area contributed by atoms with Crippen LogP contribution in [-0.4, -0.2) is 49.1 Å². The molecule has 9 nitrogen and oxygen atoms in total. The zero-order valence-corrected chi connectivity index (χ0v) is 22.3. The van der Waals surface area contributed by atoms with Gasteiger partial charge in [0.25, 0.3) is 5.91 Å². The van der Waals surface area contributed by atoms with Gasteiger partial charge in [0.1, 0.15) is 11.6 Å². The number of amides is 3. The lowest BCUT2D eigenvalue weighted by molar-refractivity contribution is -0.163. The summed E-state index contributed by atoms with van der Waals surface area (Å²) >= 11 is 0. The van der Waals surface area contributed by atoms with Crippen molar-refractivity contribution in [2.24, 2.45) is 5.92 Å². The van der Waals surface area contributed by atoms with E-state index in [-0.39, 0.29) is 49.0 Å². The zero-order valence-electron chi connectivity index (χ0n) is 22.3. The number of halogens is 1. The van der Waals surface area contributed by atoms with E-state index >= 15 is 0 Å². The van der Waals surface area contributed by atoms with Crippen LogP contribution in [0.25, 0.3) is 11.3 Å². The SMILES string of the molecule is Cc1nc(-c2cn(C3CC(COc4ccc5c(c4)CN(N4C(=O)CCCC4=O)C5=O)C3)nc2C2CC2)ccc1F. The Bertz CT molecular complexity index is 1520. The number of hydrogen-bond donors (Lipinski definition) is 0. The van der Waals surface area contributed by atoms with Crippen LogP contribution in [0.4, 0.5) is 4.39 Å². The van der Waals surface area contributed by atoms with Gasteiger partial charge in [-0.05, 0) is 80.8 Å². The van der Waals surface area contributed by atoms with E-state index < -0.39 is 0 Å². The first-order valence-electron chi connectivity index (χ1n) is 14.0. The van der Waals surface area contributed by atoms with Crippen molar-refractivity contribution in [1.29, 1.82) is 0 Å². The highest BCUT2D eigenvalue weighted by Crippen LogP contribution is 2.45. The number of nitrogens with zero attached hydrogens (tertiary/aromatic N) is 5. The maximum Gasteiger partial charge on any atom is 0.273 e. The van der Waals surface area contributed by atoms with Crippen LogP contribution in [0.5, 0.6) is 5.75 Å². The third-order valence-corrected chi connectivity index (χ3v) is 8.45. The molecular weight excluding hydrogens is 513 g/mol. The summed E-state index contributed by atoms with van der Waals surface area (Å²) in [5.74, 6) is 0.215. The third-order valence-electron chi connectivity index (χ3n) is 8.45. The molecule has 10 heteroatoms. The first kappa shape index (κ1) is 24.9. The molecule has 0 spiro atoms. The molecule has 4 heterocycles. The lowest BCUT2D eigenvalue weighted by atomic mass is 9.81. The molecule has 0 bridgehead atoms. The lowest BCUT2D eigenvalue weighted by Crippen LogP contribution is -2.51. The topological polar surface area (TPSA) is 97.6 Å². The van der Waals surface area contributed by atoms with E-state index in [4.69, 9.17) is 9.84 Å². The van der Waals surface area contributed by atoms with Crippen LogP contribution in [-0.2, 0) is 16.1 Å². The molecule has 0 unspecified atom stereocenters. The number of ether oxygens (including phenoxy) is 1. The number of hydrazine groups is 1. The van der Waals surface area contributed by atoms with Crippen molar-refractivity contribution in [1.82, 2.24) is 24.8 Å². The van der Waals surface area contributed by atoms with Crippen LogP contribution in [0.15, 0.2) is 36.5 Å². The van der Waals surface area contributed by atoms with E-state index in [1.54, 1.807) is 25.1 Å². The van der Waals surface area contributed by atoms with Gasteiger partial charge in [-0.25, -0.2) is 14.4 Å². The summed E-state index contributed by atoms with van der Waals surface area (Å²) in [6, 6.07) is 8.81. The van der Waals surface area contributed by atoms with Crippen molar-refractivity contribution >= 4 is 17.7 Å². The molecule has 2 aliphatic heterocycles. The Morgan fingerprint density at radius 1 is 1.02 bits per heavy atom. The second kappa shape index (κ2) is 9.53. The van der Waals surface area contributed by atoms with Crippen molar-refractivity contribution in [3.05, 3.63) is 64.9 Å². The fraction of sp³-hybridized carbons (Fsp3) is 0.433. The molecule has 0 radical (unpaired) electrons. The van der Waals surface area contributed by atoms with Gasteiger partial charge in [-0.2, -0.15) is 10.1 Å². The molecule has 1 saturated heterocycles. The van der Waals surface area contributed by atoms with E-state index in [1.807, 2.05) is 6.07 Å². The molecule has 2 aliphatic carbocycles. The highest BCUT2D eigenvalue weighted by molar-refractivity contribution is 6.04. The summed E-state index contributed by atoms with van der Waals surface area (Å²) in [4.78, 5) is 42.0. The highest BCUT2D eigenvalue weighted by atomic mass is 19.1. The second-order valence-electron chi connectivity index (χ2n) is 11.4. The van der Waals surface area contributed by atoms with E-state index in [2.05, 4.69) is 15.9 Å². The largest absolute Gasteiger partial charge is 0.493 e. The van der Waals surface area contributed by atoms with E-state index in [0.29, 0.717) is 41.9 Å². The summed E-state index contributed by atoms with van der Waals surface area (Å²) < 4.78 is 21.9. The minimum absolute atomic E-state index is 0.182. The maximum absolute atomic E-state index is 13.8. The second-order valence-corrected chi connectivity index (χ2v) is 11.4. The first-order valence-corrected chi connectivity index (χ1v) is 14.0. The van der Waals surface area contributed by atoms with Gasteiger partial charge >= 0.3 is 0 Å². The number of aryl methyl sites for hydroxylation is 1. The van der Waals surface area contributed by atoms with Crippen LogP contribution in [0, 0.1) is 18.7 Å². The van der Waals surface area contributed by atoms with Crippen molar-refractivity contribution in [3.63, 3.8) is 0 Å². The number of carbonyl (C=O) groups is 3. The molecule has 40 heavy (non-hydrogen) atoms. The Kier molecular flexibility index (Phi) is 5.94. The summed E-state index contributed by atoms with van der Waals surface area (Å²) in [6.45, 7) is 2.42. The molecule has 3 aromatic rings. The predicted molar refractivity (Wildman–Crippen MR) is 141 cm³/mol. The summed E-state index contributed by atoms with van der Waals surface area (Å²) in [5, 5.41) is 7.20. The highest BCUT2D eigenvalue weighted by Gasteiger charge is 2.40. The minimum atomic E-state index is -0.331. The Balaban J connectivity index is 0.981. The van der Waals surface area contributed by atoms with E-state index in [9.17, 15) is 18.8 Å². The molecule has 2 aromatic heterocycles. The van der Waals surface area contributed by atoms with E-state index in [1.165, 1.54) is 11.1 Å². The number of benzene rings is 1. The van der Waals surface area contributed by atoms with Gasteiger partial charge < -0.3 is 4.74 Å². The fourth-order valence-corrected chi connectivity index (χ4v) is 5.95. The predicted octanol–water partition coefficient (Wildman–Crippen LogP) is 4.71. The lowest BCUT2D eigenvalue weighted by Gasteiger charge is -2.35. The molecular formula is C30H30FN5O4. The first-order chi connectivity index (χ1) is 19.4. The van der Waals surface area contributed by atoms with Gasteiger partial charge in [0.05, 0.1) is 36.3 Å². The zero-order chi connectivity index (χ0) is 27.5. The van der Waals surface area contributed by atoms with Crippen molar-refractivity contribution in [2.45, 2.75) is 70.4 Å². The number of rotatable bonds is 7. The van der Waals surface area contributed by atoms with Crippen molar-refractivity contribution in [2.75, 3.05) is 6.61 Å². The number of fused-ring (bicyclic) bond motifs is 1. The number of pyridine rings is 1. The Morgan fingerprint density at radius 2 is 1.80 bits per heavy atom. The van der Waals surface area contributed by atoms with Crippen molar-refractivity contribution < 1.29 is 23.5 Å². The molecule has 206 valence electrons. The van der Waals surface area contributed by atoms with Gasteiger partial charge in [-0.3, -0.25) is 19.1 Å². The average Bonchev–Trinajstić information content (AvgIpc) is 3.59. The number of carbonyl (C=O) groups excluding carboxylic acids is 3. The molecule has 1 aromatic carbocycles. The fourth-order valence-electron chi connectivity index (χ4n) is 5.95. The Morgan fingerprint density at radius 3 is 2.52 bits per heavy atom. The number of aromatic nitrogens is 3. The van der Waals surface area contributed by atoms with Gasteiger partial charge in [0, 0.05) is 36.1 Å². The molecule has 0 atom stereocenters. The van der Waals surface area contributed by atoms with Gasteiger partial charge in [-0.1, -0.05) is 0 Å². The molecule has 4 aliphatic rings. The number of imide groups is 1. The van der Waals surface area contributed by atoms with E-state index in [0.717, 1.165) is 53.2 Å². The summed E-state index contributed by atoms with van der Waals surface area (Å²) in [7, 11) is 0. The van der Waals surface area contributed by atoms with Gasteiger partial charge in [0.2, 0.25) is 11.8 Å². The molecule has 3 amide bonds. The average molecular weight is 544 g/mol. The quantitative estimate of drug-likeness (QED) is 0.401.